The summed E-state index contributed by atoms with van der Waals surface area (Å²) >= 11 is 0. The molecule has 0 aromatic heterocycles. The molecule has 0 heterocycles. The van der Waals surface area contributed by atoms with Crippen LogP contribution in [0, 0.1) is 0 Å². The van der Waals surface area contributed by atoms with Crippen LogP contribution < -0.4 is 5.32 Å². The number of hydrogen-bond donors (Lipinski definition) is 3. The number of allylic oxidation sites excluding steroid dienone is 5. The number of carbonyl (C=O) groups is 2. The van der Waals surface area contributed by atoms with Crippen molar-refractivity contribution < 1.29 is 24.5 Å². The van der Waals surface area contributed by atoms with Gasteiger partial charge in [0.1, 0.15) is 0 Å². The molecule has 0 bridgehead atoms. The Bertz CT molecular complexity index is 993. The van der Waals surface area contributed by atoms with Gasteiger partial charge in [0.05, 0.1) is 25.4 Å². The molecule has 0 fully saturated rings. The molecule has 0 spiro atoms. The lowest BCUT2D eigenvalue weighted by Crippen LogP contribution is -2.45. The van der Waals surface area contributed by atoms with Gasteiger partial charge in [-0.25, -0.2) is 0 Å². The van der Waals surface area contributed by atoms with Crippen molar-refractivity contribution in [2.45, 2.75) is 289 Å². The summed E-state index contributed by atoms with van der Waals surface area (Å²) in [5.41, 5.74) is 0. The molecule has 0 radical (unpaired) electrons. The van der Waals surface area contributed by atoms with Crippen LogP contribution in [0.1, 0.15) is 277 Å². The second-order valence-corrected chi connectivity index (χ2v) is 18.2. The van der Waals surface area contributed by atoms with Gasteiger partial charge in [0.25, 0.3) is 0 Å². The standard InChI is InChI=1S/C55H103NO5/c1-3-5-7-9-11-13-15-16-17-18-19-22-25-29-33-37-41-45-49-55(60)61-50-46-42-38-34-30-26-23-20-21-24-28-32-36-40-44-48-54(59)56-52(51-57)53(58)47-43-39-35-31-27-14-12-10-8-6-4-2/h13,15,17-18,43,47,52-53,57-58H,3-12,14,16,19-42,44-46,48-51H2,1-2H3,(H,56,59)/b15-13-,18-17-,47-43+. The van der Waals surface area contributed by atoms with Crippen molar-refractivity contribution in [3.05, 3.63) is 36.5 Å². The van der Waals surface area contributed by atoms with Gasteiger partial charge in [-0.3, -0.25) is 9.59 Å². The predicted octanol–water partition coefficient (Wildman–Crippen LogP) is 16.1. The highest BCUT2D eigenvalue weighted by Gasteiger charge is 2.18. The molecule has 6 heteroatoms. The number of nitrogens with one attached hydrogen (secondary N) is 1. The Balaban J connectivity index is 3.44. The summed E-state index contributed by atoms with van der Waals surface area (Å²) in [5.74, 6) is -0.0870. The topological polar surface area (TPSA) is 95.9 Å². The zero-order chi connectivity index (χ0) is 44.4. The minimum atomic E-state index is -0.849. The number of hydrogen-bond acceptors (Lipinski definition) is 5. The summed E-state index contributed by atoms with van der Waals surface area (Å²) in [5, 5.41) is 23.0. The third-order valence-corrected chi connectivity index (χ3v) is 12.2. The Morgan fingerprint density at radius 1 is 0.459 bits per heavy atom. The van der Waals surface area contributed by atoms with E-state index in [1.807, 2.05) is 6.08 Å². The highest BCUT2D eigenvalue weighted by molar-refractivity contribution is 5.76. The number of aliphatic hydroxyl groups excluding tert-OH is 2. The summed E-state index contributed by atoms with van der Waals surface area (Å²) in [7, 11) is 0. The Hall–Kier alpha value is -1.92. The summed E-state index contributed by atoms with van der Waals surface area (Å²) in [6, 6.07) is -0.633. The molecule has 0 aliphatic carbocycles. The van der Waals surface area contributed by atoms with Crippen molar-refractivity contribution in [1.82, 2.24) is 5.32 Å². The fraction of sp³-hybridized carbons (Fsp3) is 0.855. The molecule has 1 amide bonds. The maximum Gasteiger partial charge on any atom is 0.305 e. The number of rotatable bonds is 49. The smallest absolute Gasteiger partial charge is 0.305 e. The van der Waals surface area contributed by atoms with E-state index >= 15 is 0 Å². The van der Waals surface area contributed by atoms with Gasteiger partial charge in [-0.05, 0) is 64.2 Å². The maximum absolute atomic E-state index is 12.4. The van der Waals surface area contributed by atoms with Gasteiger partial charge in [0.15, 0.2) is 0 Å². The van der Waals surface area contributed by atoms with Gasteiger partial charge in [-0.2, -0.15) is 0 Å². The van der Waals surface area contributed by atoms with Crippen LogP contribution in [0.3, 0.4) is 0 Å². The largest absolute Gasteiger partial charge is 0.466 e. The van der Waals surface area contributed by atoms with Gasteiger partial charge in [0.2, 0.25) is 5.91 Å². The lowest BCUT2D eigenvalue weighted by molar-refractivity contribution is -0.143. The predicted molar refractivity (Wildman–Crippen MR) is 264 cm³/mol. The summed E-state index contributed by atoms with van der Waals surface area (Å²) in [4.78, 5) is 24.5. The summed E-state index contributed by atoms with van der Waals surface area (Å²) in [6.45, 7) is 4.85. The Kier molecular flexibility index (Phi) is 49.1. The highest BCUT2D eigenvalue weighted by atomic mass is 16.5. The number of ether oxygens (including phenoxy) is 1. The first-order chi connectivity index (χ1) is 30.0. The molecule has 0 aromatic carbocycles. The van der Waals surface area contributed by atoms with Gasteiger partial charge >= 0.3 is 5.97 Å². The maximum atomic E-state index is 12.4. The lowest BCUT2D eigenvalue weighted by Gasteiger charge is -2.20. The molecule has 2 unspecified atom stereocenters. The van der Waals surface area contributed by atoms with E-state index in [4.69, 9.17) is 4.74 Å². The lowest BCUT2D eigenvalue weighted by atomic mass is 10.0. The first-order valence-electron chi connectivity index (χ1n) is 26.8. The van der Waals surface area contributed by atoms with E-state index in [-0.39, 0.29) is 18.5 Å². The van der Waals surface area contributed by atoms with Gasteiger partial charge in [0, 0.05) is 12.8 Å². The molecule has 61 heavy (non-hydrogen) atoms. The number of aliphatic hydroxyl groups is 2. The van der Waals surface area contributed by atoms with Crippen molar-refractivity contribution in [2.24, 2.45) is 0 Å². The third-order valence-electron chi connectivity index (χ3n) is 12.2. The van der Waals surface area contributed by atoms with Crippen LogP contribution >= 0.6 is 0 Å². The number of unbranched alkanes of at least 4 members (excludes halogenated alkanes) is 34. The van der Waals surface area contributed by atoms with Crippen molar-refractivity contribution >= 4 is 11.9 Å². The van der Waals surface area contributed by atoms with E-state index in [1.165, 1.54) is 186 Å². The average Bonchev–Trinajstić information content (AvgIpc) is 3.26. The molecule has 358 valence electrons. The van der Waals surface area contributed by atoms with Crippen molar-refractivity contribution in [3.63, 3.8) is 0 Å². The molecular weight excluding hydrogens is 755 g/mol. The summed E-state index contributed by atoms with van der Waals surface area (Å²) in [6.07, 6.45) is 61.5. The molecule has 0 rings (SSSR count). The number of esters is 1. The second-order valence-electron chi connectivity index (χ2n) is 18.2. The molecule has 0 aliphatic heterocycles. The quantitative estimate of drug-likeness (QED) is 0.0322. The molecule has 0 aliphatic rings. The van der Waals surface area contributed by atoms with Crippen LogP contribution in [0.15, 0.2) is 36.5 Å². The van der Waals surface area contributed by atoms with Crippen LogP contribution in [0.25, 0.3) is 0 Å². The van der Waals surface area contributed by atoms with Crippen molar-refractivity contribution in [2.75, 3.05) is 13.2 Å². The number of carbonyl (C=O) groups excluding carboxylic acids is 2. The van der Waals surface area contributed by atoms with E-state index in [9.17, 15) is 19.8 Å². The van der Waals surface area contributed by atoms with Gasteiger partial charge < -0.3 is 20.3 Å². The fourth-order valence-corrected chi connectivity index (χ4v) is 8.02. The molecular formula is C55H103NO5. The first-order valence-corrected chi connectivity index (χ1v) is 26.8. The van der Waals surface area contributed by atoms with Crippen LogP contribution in [0.4, 0.5) is 0 Å². The van der Waals surface area contributed by atoms with Gasteiger partial charge in [-0.15, -0.1) is 0 Å². The van der Waals surface area contributed by atoms with E-state index < -0.39 is 12.1 Å². The Labute approximate surface area is 379 Å². The first kappa shape index (κ1) is 59.1. The van der Waals surface area contributed by atoms with Crippen LogP contribution in [0.5, 0.6) is 0 Å². The average molecular weight is 858 g/mol. The molecule has 0 saturated heterocycles. The molecule has 2 atom stereocenters. The van der Waals surface area contributed by atoms with Crippen LogP contribution in [-0.2, 0) is 14.3 Å². The minimum absolute atomic E-state index is 0.00842. The van der Waals surface area contributed by atoms with Crippen LogP contribution in [0.2, 0.25) is 0 Å². The monoisotopic (exact) mass is 858 g/mol. The van der Waals surface area contributed by atoms with Crippen molar-refractivity contribution in [3.8, 4) is 0 Å². The fourth-order valence-electron chi connectivity index (χ4n) is 8.02. The molecule has 0 saturated carbocycles. The van der Waals surface area contributed by atoms with E-state index in [0.29, 0.717) is 19.4 Å². The molecule has 0 aromatic rings. The van der Waals surface area contributed by atoms with E-state index in [2.05, 4.69) is 43.5 Å². The highest BCUT2D eigenvalue weighted by Crippen LogP contribution is 2.16. The minimum Gasteiger partial charge on any atom is -0.466 e. The third kappa shape index (κ3) is 47.4. The van der Waals surface area contributed by atoms with Crippen molar-refractivity contribution in [1.29, 1.82) is 0 Å². The second kappa shape index (κ2) is 50.7. The number of amides is 1. The Morgan fingerprint density at radius 3 is 1.26 bits per heavy atom. The molecule has 3 N–H and O–H groups in total. The molecule has 6 nitrogen and oxygen atoms in total. The zero-order valence-electron chi connectivity index (χ0n) is 40.6. The van der Waals surface area contributed by atoms with Crippen LogP contribution in [-0.4, -0.2) is 47.4 Å². The Morgan fingerprint density at radius 2 is 0.820 bits per heavy atom. The summed E-state index contributed by atoms with van der Waals surface area (Å²) < 4.78 is 5.47. The van der Waals surface area contributed by atoms with E-state index in [1.54, 1.807) is 6.08 Å². The van der Waals surface area contributed by atoms with Gasteiger partial charge in [-0.1, -0.05) is 237 Å². The zero-order valence-corrected chi connectivity index (χ0v) is 40.6. The normalized spacial score (nSPS) is 12.9. The van der Waals surface area contributed by atoms with E-state index in [0.717, 1.165) is 64.2 Å². The SMILES string of the molecule is CCCCCC/C=C\C/C=C\CCCCCCCCCC(=O)OCCCCCCCCCCCCCCCCCC(=O)NC(CO)C(O)/C=C/CCCCCCCCCCC.